The summed E-state index contributed by atoms with van der Waals surface area (Å²) in [6.45, 7) is 2.17. The SMILES string of the molecule is CN(C)C(=O)c1ccc(CNC(=O)CN2CCCC(O)C2)cc1. The van der Waals surface area contributed by atoms with Gasteiger partial charge in [-0.15, -0.1) is 0 Å². The second kappa shape index (κ2) is 8.08. The number of hydrogen-bond donors (Lipinski definition) is 2. The van der Waals surface area contributed by atoms with Crippen LogP contribution in [0.25, 0.3) is 0 Å². The lowest BCUT2D eigenvalue weighted by molar-refractivity contribution is -0.123. The molecule has 23 heavy (non-hydrogen) atoms. The van der Waals surface area contributed by atoms with E-state index in [0.29, 0.717) is 25.2 Å². The fourth-order valence-corrected chi connectivity index (χ4v) is 2.66. The highest BCUT2D eigenvalue weighted by Crippen LogP contribution is 2.09. The minimum absolute atomic E-state index is 0.0377. The molecular formula is C17H25N3O3. The maximum atomic E-state index is 12.0. The summed E-state index contributed by atoms with van der Waals surface area (Å²) in [5.74, 6) is -0.0863. The van der Waals surface area contributed by atoms with Crippen molar-refractivity contribution in [3.63, 3.8) is 0 Å². The van der Waals surface area contributed by atoms with Gasteiger partial charge in [-0.2, -0.15) is 0 Å². The van der Waals surface area contributed by atoms with Crippen molar-refractivity contribution in [2.75, 3.05) is 33.7 Å². The normalized spacial score (nSPS) is 18.5. The zero-order valence-corrected chi connectivity index (χ0v) is 13.8. The summed E-state index contributed by atoms with van der Waals surface area (Å²) in [6.07, 6.45) is 1.42. The predicted octanol–water partition coefficient (Wildman–Crippen LogP) is 0.461. The largest absolute Gasteiger partial charge is 0.392 e. The average Bonchev–Trinajstić information content (AvgIpc) is 2.52. The van der Waals surface area contributed by atoms with Crippen molar-refractivity contribution >= 4 is 11.8 Å². The molecule has 0 aromatic heterocycles. The van der Waals surface area contributed by atoms with Gasteiger partial charge in [0.25, 0.3) is 5.91 Å². The lowest BCUT2D eigenvalue weighted by atomic mass is 10.1. The molecule has 126 valence electrons. The molecule has 6 heteroatoms. The lowest BCUT2D eigenvalue weighted by Crippen LogP contribution is -2.44. The number of aliphatic hydroxyl groups excluding tert-OH is 1. The lowest BCUT2D eigenvalue weighted by Gasteiger charge is -2.29. The number of nitrogens with zero attached hydrogens (tertiary/aromatic N) is 2. The van der Waals surface area contributed by atoms with Crippen LogP contribution < -0.4 is 5.32 Å². The van der Waals surface area contributed by atoms with Crippen LogP contribution >= 0.6 is 0 Å². The van der Waals surface area contributed by atoms with Gasteiger partial charge < -0.3 is 15.3 Å². The number of carbonyl (C=O) groups is 2. The van der Waals surface area contributed by atoms with Crippen LogP contribution in [0.5, 0.6) is 0 Å². The van der Waals surface area contributed by atoms with Crippen molar-refractivity contribution in [1.82, 2.24) is 15.1 Å². The van der Waals surface area contributed by atoms with E-state index in [0.717, 1.165) is 24.9 Å². The molecule has 1 aliphatic heterocycles. The van der Waals surface area contributed by atoms with E-state index in [1.807, 2.05) is 17.0 Å². The van der Waals surface area contributed by atoms with Crippen LogP contribution in [-0.2, 0) is 11.3 Å². The van der Waals surface area contributed by atoms with E-state index in [1.54, 1.807) is 26.2 Å². The maximum absolute atomic E-state index is 12.0. The monoisotopic (exact) mass is 319 g/mol. The number of rotatable bonds is 5. The third-order valence-electron chi connectivity index (χ3n) is 3.94. The first-order chi connectivity index (χ1) is 11.0. The predicted molar refractivity (Wildman–Crippen MR) is 88.0 cm³/mol. The average molecular weight is 319 g/mol. The van der Waals surface area contributed by atoms with Crippen LogP contribution in [0, 0.1) is 0 Å². The maximum Gasteiger partial charge on any atom is 0.253 e. The van der Waals surface area contributed by atoms with Gasteiger partial charge in [-0.3, -0.25) is 14.5 Å². The summed E-state index contributed by atoms with van der Waals surface area (Å²) in [6, 6.07) is 7.24. The fourth-order valence-electron chi connectivity index (χ4n) is 2.66. The quantitative estimate of drug-likeness (QED) is 0.827. The van der Waals surface area contributed by atoms with Crippen molar-refractivity contribution in [2.45, 2.75) is 25.5 Å². The Morgan fingerprint density at radius 2 is 2.00 bits per heavy atom. The van der Waals surface area contributed by atoms with Gasteiger partial charge in [0.15, 0.2) is 0 Å². The molecule has 0 saturated carbocycles. The Hall–Kier alpha value is -1.92. The van der Waals surface area contributed by atoms with Crippen molar-refractivity contribution in [3.05, 3.63) is 35.4 Å². The highest BCUT2D eigenvalue weighted by atomic mass is 16.3. The highest BCUT2D eigenvalue weighted by molar-refractivity contribution is 5.93. The van der Waals surface area contributed by atoms with E-state index in [-0.39, 0.29) is 17.9 Å². The number of aliphatic hydroxyl groups is 1. The first kappa shape index (κ1) is 17.4. The Kier molecular flexibility index (Phi) is 6.12. The van der Waals surface area contributed by atoms with Gasteiger partial charge in [0.05, 0.1) is 12.6 Å². The molecule has 2 amide bonds. The minimum atomic E-state index is -0.321. The topological polar surface area (TPSA) is 72.9 Å². The number of likely N-dealkylation sites (tertiary alicyclic amines) is 1. The molecule has 1 atom stereocenters. The Morgan fingerprint density at radius 3 is 2.61 bits per heavy atom. The summed E-state index contributed by atoms with van der Waals surface area (Å²) >= 11 is 0. The first-order valence-corrected chi connectivity index (χ1v) is 7.93. The van der Waals surface area contributed by atoms with Crippen LogP contribution in [0.1, 0.15) is 28.8 Å². The Bertz CT molecular complexity index is 543. The van der Waals surface area contributed by atoms with E-state index in [4.69, 9.17) is 0 Å². The third kappa shape index (κ3) is 5.33. The van der Waals surface area contributed by atoms with E-state index in [1.165, 1.54) is 4.90 Å². The highest BCUT2D eigenvalue weighted by Gasteiger charge is 2.19. The molecule has 0 aliphatic carbocycles. The second-order valence-corrected chi connectivity index (χ2v) is 6.20. The summed E-state index contributed by atoms with van der Waals surface area (Å²) in [4.78, 5) is 27.3. The Balaban J connectivity index is 1.79. The van der Waals surface area contributed by atoms with Gasteiger partial charge in [0, 0.05) is 32.7 Å². The number of benzene rings is 1. The van der Waals surface area contributed by atoms with Crippen molar-refractivity contribution in [2.24, 2.45) is 0 Å². The van der Waals surface area contributed by atoms with Crippen molar-refractivity contribution in [3.8, 4) is 0 Å². The van der Waals surface area contributed by atoms with Gasteiger partial charge >= 0.3 is 0 Å². The van der Waals surface area contributed by atoms with Crippen molar-refractivity contribution in [1.29, 1.82) is 0 Å². The number of β-amino-alcohol motifs (C(OH)–C–C–N with tert-alkyl or cyclic N) is 1. The molecule has 0 spiro atoms. The Morgan fingerprint density at radius 1 is 1.30 bits per heavy atom. The third-order valence-corrected chi connectivity index (χ3v) is 3.94. The molecular weight excluding hydrogens is 294 g/mol. The van der Waals surface area contributed by atoms with Crippen LogP contribution in [0.3, 0.4) is 0 Å². The molecule has 1 aromatic carbocycles. The number of piperidine rings is 1. The molecule has 1 fully saturated rings. The number of carbonyl (C=O) groups excluding carboxylic acids is 2. The molecule has 2 N–H and O–H groups in total. The van der Waals surface area contributed by atoms with Gasteiger partial charge in [0.2, 0.25) is 5.91 Å². The molecule has 2 rings (SSSR count). The molecule has 1 aromatic rings. The molecule has 0 radical (unpaired) electrons. The second-order valence-electron chi connectivity index (χ2n) is 6.20. The number of amides is 2. The molecule has 0 bridgehead atoms. The number of nitrogens with one attached hydrogen (secondary N) is 1. The molecule has 1 saturated heterocycles. The first-order valence-electron chi connectivity index (χ1n) is 7.93. The summed E-state index contributed by atoms with van der Waals surface area (Å²) in [7, 11) is 3.43. The van der Waals surface area contributed by atoms with Gasteiger partial charge in [-0.25, -0.2) is 0 Å². The Labute approximate surface area is 137 Å². The van der Waals surface area contributed by atoms with Gasteiger partial charge in [-0.05, 0) is 37.1 Å². The van der Waals surface area contributed by atoms with Crippen LogP contribution in [0.2, 0.25) is 0 Å². The molecule has 1 aliphatic rings. The van der Waals surface area contributed by atoms with Gasteiger partial charge in [0.1, 0.15) is 0 Å². The van der Waals surface area contributed by atoms with Crippen LogP contribution in [-0.4, -0.2) is 66.6 Å². The standard InChI is InChI=1S/C17H25N3O3/c1-19(2)17(23)14-7-5-13(6-8-14)10-18-16(22)12-20-9-3-4-15(21)11-20/h5-8,15,21H,3-4,9-12H2,1-2H3,(H,18,22). The molecule has 1 unspecified atom stereocenters. The number of hydrogen-bond acceptors (Lipinski definition) is 4. The summed E-state index contributed by atoms with van der Waals surface area (Å²) in [5, 5.41) is 12.5. The van der Waals surface area contributed by atoms with E-state index < -0.39 is 0 Å². The van der Waals surface area contributed by atoms with E-state index in [9.17, 15) is 14.7 Å². The zero-order valence-electron chi connectivity index (χ0n) is 13.8. The summed E-state index contributed by atoms with van der Waals surface area (Å²) in [5.41, 5.74) is 1.58. The molecule has 6 nitrogen and oxygen atoms in total. The molecule has 1 heterocycles. The van der Waals surface area contributed by atoms with Crippen LogP contribution in [0.15, 0.2) is 24.3 Å². The minimum Gasteiger partial charge on any atom is -0.392 e. The summed E-state index contributed by atoms with van der Waals surface area (Å²) < 4.78 is 0. The van der Waals surface area contributed by atoms with E-state index in [2.05, 4.69) is 5.32 Å². The van der Waals surface area contributed by atoms with Gasteiger partial charge in [-0.1, -0.05) is 12.1 Å². The van der Waals surface area contributed by atoms with E-state index >= 15 is 0 Å². The smallest absolute Gasteiger partial charge is 0.253 e. The van der Waals surface area contributed by atoms with Crippen molar-refractivity contribution < 1.29 is 14.7 Å². The van der Waals surface area contributed by atoms with Crippen LogP contribution in [0.4, 0.5) is 0 Å². The zero-order chi connectivity index (χ0) is 16.8. The fraction of sp³-hybridized carbons (Fsp3) is 0.529.